The minimum atomic E-state index is -0.649. The Morgan fingerprint density at radius 1 is 1.67 bits per heavy atom. The van der Waals surface area contributed by atoms with Crippen molar-refractivity contribution >= 4 is 11.8 Å². The first-order valence-electron chi connectivity index (χ1n) is 3.70. The van der Waals surface area contributed by atoms with Gasteiger partial charge in [-0.2, -0.15) is 0 Å². The molecule has 0 saturated heterocycles. The molecule has 1 aromatic heterocycles. The average Bonchev–Trinajstić information content (AvgIpc) is 2.47. The maximum Gasteiger partial charge on any atom is 0.114 e. The van der Waals surface area contributed by atoms with Crippen LogP contribution in [0.3, 0.4) is 0 Å². The Bertz CT molecular complexity index is 234. The van der Waals surface area contributed by atoms with Gasteiger partial charge in [0.05, 0.1) is 19.0 Å². The summed E-state index contributed by atoms with van der Waals surface area (Å²) < 4.78 is 5.07. The van der Waals surface area contributed by atoms with E-state index < -0.39 is 6.10 Å². The lowest BCUT2D eigenvalue weighted by Crippen LogP contribution is -2.14. The number of rotatable bonds is 4. The first-order chi connectivity index (χ1) is 5.74. The Labute approximate surface area is 75.4 Å². The van der Waals surface area contributed by atoms with Crippen LogP contribution in [0.25, 0.3) is 0 Å². The predicted octanol–water partition coefficient (Wildman–Crippen LogP) is 1.03. The molecule has 1 rings (SSSR count). The Hall–Kier alpha value is -0.450. The third-order valence-electron chi connectivity index (χ3n) is 1.45. The molecular weight excluding hydrogens is 176 g/mol. The van der Waals surface area contributed by atoms with Crippen LogP contribution in [0, 0.1) is 6.92 Å². The number of aliphatic hydroxyl groups is 2. The summed E-state index contributed by atoms with van der Waals surface area (Å²) in [7, 11) is 0. The van der Waals surface area contributed by atoms with E-state index in [9.17, 15) is 0 Å². The molecule has 12 heavy (non-hydrogen) atoms. The van der Waals surface area contributed by atoms with Crippen LogP contribution in [-0.2, 0) is 0 Å². The van der Waals surface area contributed by atoms with Crippen LogP contribution in [0.4, 0.5) is 0 Å². The summed E-state index contributed by atoms with van der Waals surface area (Å²) in [4.78, 5) is 1.02. The maximum atomic E-state index is 9.05. The van der Waals surface area contributed by atoms with Crippen molar-refractivity contribution in [1.29, 1.82) is 0 Å². The second-order valence-electron chi connectivity index (χ2n) is 2.49. The van der Waals surface area contributed by atoms with E-state index >= 15 is 0 Å². The van der Waals surface area contributed by atoms with Gasteiger partial charge in [-0.1, -0.05) is 0 Å². The van der Waals surface area contributed by atoms with Gasteiger partial charge in [-0.05, 0) is 13.0 Å². The van der Waals surface area contributed by atoms with Gasteiger partial charge in [0.1, 0.15) is 5.76 Å². The van der Waals surface area contributed by atoms with Gasteiger partial charge in [0.2, 0.25) is 0 Å². The van der Waals surface area contributed by atoms with Gasteiger partial charge in [0.15, 0.2) is 0 Å². The van der Waals surface area contributed by atoms with E-state index in [1.54, 1.807) is 6.26 Å². The summed E-state index contributed by atoms with van der Waals surface area (Å²) in [6.45, 7) is 1.68. The first-order valence-corrected chi connectivity index (χ1v) is 4.68. The zero-order valence-electron chi connectivity index (χ0n) is 6.86. The molecule has 0 spiro atoms. The van der Waals surface area contributed by atoms with Crippen molar-refractivity contribution in [3.8, 4) is 0 Å². The zero-order valence-corrected chi connectivity index (χ0v) is 7.67. The highest BCUT2D eigenvalue weighted by Gasteiger charge is 2.06. The van der Waals surface area contributed by atoms with E-state index in [1.807, 2.05) is 13.0 Å². The Morgan fingerprint density at radius 3 is 2.92 bits per heavy atom. The molecular formula is C8H12O3S. The van der Waals surface area contributed by atoms with Crippen LogP contribution in [0.1, 0.15) is 5.76 Å². The Kier molecular flexibility index (Phi) is 3.65. The van der Waals surface area contributed by atoms with E-state index in [0.717, 1.165) is 10.7 Å². The molecule has 3 nitrogen and oxygen atoms in total. The van der Waals surface area contributed by atoms with Gasteiger partial charge in [-0.15, -0.1) is 11.8 Å². The summed E-state index contributed by atoms with van der Waals surface area (Å²) in [5.74, 6) is 1.35. The van der Waals surface area contributed by atoms with Crippen LogP contribution in [0.2, 0.25) is 0 Å². The topological polar surface area (TPSA) is 53.6 Å². The fourth-order valence-corrected chi connectivity index (χ4v) is 1.64. The normalized spacial score (nSPS) is 13.2. The minimum Gasteiger partial charge on any atom is -0.468 e. The average molecular weight is 188 g/mol. The van der Waals surface area contributed by atoms with Crippen molar-refractivity contribution in [2.75, 3.05) is 12.4 Å². The minimum absolute atomic E-state index is 0.191. The molecule has 4 heteroatoms. The van der Waals surface area contributed by atoms with Crippen LogP contribution in [0.15, 0.2) is 21.6 Å². The Morgan fingerprint density at radius 2 is 2.42 bits per heavy atom. The summed E-state index contributed by atoms with van der Waals surface area (Å²) in [6.07, 6.45) is 0.965. The van der Waals surface area contributed by atoms with Gasteiger partial charge in [-0.25, -0.2) is 0 Å². The van der Waals surface area contributed by atoms with Crippen LogP contribution < -0.4 is 0 Å². The Balaban J connectivity index is 2.38. The molecule has 2 N–H and O–H groups in total. The predicted molar refractivity (Wildman–Crippen MR) is 47.3 cm³/mol. The van der Waals surface area contributed by atoms with Gasteiger partial charge in [-0.3, -0.25) is 0 Å². The lowest BCUT2D eigenvalue weighted by atomic mass is 10.4. The lowest BCUT2D eigenvalue weighted by molar-refractivity contribution is 0.113. The van der Waals surface area contributed by atoms with Crippen molar-refractivity contribution < 1.29 is 14.6 Å². The van der Waals surface area contributed by atoms with E-state index in [2.05, 4.69) is 0 Å². The molecule has 1 heterocycles. The number of aliphatic hydroxyl groups excluding tert-OH is 2. The highest BCUT2D eigenvalue weighted by Crippen LogP contribution is 2.23. The third kappa shape index (κ3) is 2.55. The second kappa shape index (κ2) is 4.54. The maximum absolute atomic E-state index is 9.05. The van der Waals surface area contributed by atoms with Gasteiger partial charge < -0.3 is 14.6 Å². The van der Waals surface area contributed by atoms with Crippen molar-refractivity contribution in [3.63, 3.8) is 0 Å². The van der Waals surface area contributed by atoms with Gasteiger partial charge >= 0.3 is 0 Å². The molecule has 0 amide bonds. The fraction of sp³-hybridized carbons (Fsp3) is 0.500. The molecule has 0 saturated carbocycles. The molecule has 0 aliphatic carbocycles. The molecule has 0 fully saturated rings. The second-order valence-corrected chi connectivity index (χ2v) is 3.55. The van der Waals surface area contributed by atoms with E-state index in [1.165, 1.54) is 11.8 Å². The molecule has 0 aromatic carbocycles. The monoisotopic (exact) mass is 188 g/mol. The van der Waals surface area contributed by atoms with E-state index in [-0.39, 0.29) is 6.61 Å². The lowest BCUT2D eigenvalue weighted by Gasteiger charge is -2.04. The quantitative estimate of drug-likeness (QED) is 0.693. The van der Waals surface area contributed by atoms with E-state index in [0.29, 0.717) is 5.75 Å². The first kappa shape index (κ1) is 9.64. The fourth-order valence-electron chi connectivity index (χ4n) is 0.762. The number of hydrogen-bond acceptors (Lipinski definition) is 4. The largest absolute Gasteiger partial charge is 0.468 e. The summed E-state index contributed by atoms with van der Waals surface area (Å²) >= 11 is 1.48. The van der Waals surface area contributed by atoms with Crippen molar-refractivity contribution in [2.24, 2.45) is 0 Å². The summed E-state index contributed by atoms with van der Waals surface area (Å²) in [5, 5.41) is 17.6. The smallest absolute Gasteiger partial charge is 0.114 e. The van der Waals surface area contributed by atoms with Gasteiger partial charge in [0, 0.05) is 10.6 Å². The molecule has 68 valence electrons. The van der Waals surface area contributed by atoms with Crippen LogP contribution >= 0.6 is 11.8 Å². The number of thioether (sulfide) groups is 1. The van der Waals surface area contributed by atoms with Crippen molar-refractivity contribution in [3.05, 3.63) is 18.1 Å². The molecule has 1 aromatic rings. The number of aryl methyl sites for hydroxylation is 1. The highest BCUT2D eigenvalue weighted by atomic mass is 32.2. The number of hydrogen-bond donors (Lipinski definition) is 2. The molecule has 0 aliphatic rings. The molecule has 0 bridgehead atoms. The zero-order chi connectivity index (χ0) is 8.97. The summed E-state index contributed by atoms with van der Waals surface area (Å²) in [5.41, 5.74) is 0. The standard InChI is InChI=1S/C8H12O3S/c1-6-8(2-3-11-6)12-5-7(10)4-9/h2-3,7,9-10H,4-5H2,1H3. The highest BCUT2D eigenvalue weighted by molar-refractivity contribution is 7.99. The summed E-state index contributed by atoms with van der Waals surface area (Å²) in [6, 6.07) is 1.85. The van der Waals surface area contributed by atoms with E-state index in [4.69, 9.17) is 14.6 Å². The van der Waals surface area contributed by atoms with Gasteiger partial charge in [0.25, 0.3) is 0 Å². The third-order valence-corrected chi connectivity index (χ3v) is 2.74. The molecule has 1 atom stereocenters. The molecule has 0 radical (unpaired) electrons. The molecule has 0 aliphatic heterocycles. The number of furan rings is 1. The molecule has 1 unspecified atom stereocenters. The SMILES string of the molecule is Cc1occc1SCC(O)CO. The van der Waals surface area contributed by atoms with Crippen molar-refractivity contribution in [2.45, 2.75) is 17.9 Å². The van der Waals surface area contributed by atoms with Crippen molar-refractivity contribution in [1.82, 2.24) is 0 Å². The van der Waals surface area contributed by atoms with Crippen LogP contribution in [0.5, 0.6) is 0 Å². The van der Waals surface area contributed by atoms with Crippen LogP contribution in [-0.4, -0.2) is 28.7 Å².